The van der Waals surface area contributed by atoms with E-state index in [1.165, 1.54) is 11.8 Å². The van der Waals surface area contributed by atoms with Crippen molar-refractivity contribution in [3.05, 3.63) is 29.3 Å². The number of thioether (sulfide) groups is 1. The lowest BCUT2D eigenvalue weighted by molar-refractivity contribution is -0.127. The Morgan fingerprint density at radius 2 is 1.74 bits per heavy atom. The normalized spacial score (nSPS) is 11.4. The highest BCUT2D eigenvalue weighted by Gasteiger charge is 2.14. The van der Waals surface area contributed by atoms with Gasteiger partial charge in [0.25, 0.3) is 0 Å². The van der Waals surface area contributed by atoms with Gasteiger partial charge in [-0.25, -0.2) is 0 Å². The molecule has 6 nitrogen and oxygen atoms in total. The Hall–Kier alpha value is -1.73. The molecule has 1 rings (SSSR count). The summed E-state index contributed by atoms with van der Waals surface area (Å²) in [7, 11) is 0. The summed E-state index contributed by atoms with van der Waals surface area (Å²) in [5.41, 5.74) is 0.648. The molecular weight excluding hydrogens is 338 g/mol. The van der Waals surface area contributed by atoms with Gasteiger partial charge in [-0.2, -0.15) is 0 Å². The number of hydrogen-bond acceptors (Lipinski definition) is 4. The molecular formula is C15H20ClN3O3S. The van der Waals surface area contributed by atoms with Crippen LogP contribution in [-0.2, 0) is 14.4 Å². The summed E-state index contributed by atoms with van der Waals surface area (Å²) in [6.07, 6.45) is 0. The van der Waals surface area contributed by atoms with Crippen molar-refractivity contribution < 1.29 is 14.4 Å². The minimum Gasteiger partial charge on any atom is -0.355 e. The number of rotatable bonds is 8. The van der Waals surface area contributed by atoms with Gasteiger partial charge < -0.3 is 16.0 Å². The number of carbonyl (C=O) groups excluding carboxylic acids is 3. The highest BCUT2D eigenvalue weighted by atomic mass is 35.5. The zero-order chi connectivity index (χ0) is 17.2. The molecule has 0 aliphatic carbocycles. The second-order valence-electron chi connectivity index (χ2n) is 4.73. The van der Waals surface area contributed by atoms with Crippen molar-refractivity contribution in [2.45, 2.75) is 19.9 Å². The molecule has 0 aromatic heterocycles. The smallest absolute Gasteiger partial charge is 0.242 e. The first kappa shape index (κ1) is 19.3. The van der Waals surface area contributed by atoms with Crippen molar-refractivity contribution in [3.8, 4) is 0 Å². The molecule has 3 N–H and O–H groups in total. The molecule has 0 radical (unpaired) electrons. The Morgan fingerprint density at radius 3 is 2.35 bits per heavy atom. The summed E-state index contributed by atoms with van der Waals surface area (Å²) in [6.45, 7) is 3.93. The lowest BCUT2D eigenvalue weighted by atomic mass is 10.3. The first-order valence-electron chi connectivity index (χ1n) is 7.12. The van der Waals surface area contributed by atoms with Crippen LogP contribution in [0.25, 0.3) is 0 Å². The Balaban J connectivity index is 2.25. The summed E-state index contributed by atoms with van der Waals surface area (Å²) in [6, 6.07) is 6.17. The number of benzene rings is 1. The molecule has 0 bridgehead atoms. The molecule has 1 aromatic carbocycles. The average Bonchev–Trinajstić information content (AvgIpc) is 2.49. The van der Waals surface area contributed by atoms with Crippen molar-refractivity contribution in [3.63, 3.8) is 0 Å². The Morgan fingerprint density at radius 1 is 1.13 bits per heavy atom. The van der Waals surface area contributed by atoms with Crippen LogP contribution in [0.3, 0.4) is 0 Å². The Labute approximate surface area is 144 Å². The molecule has 8 heteroatoms. The Bertz CT molecular complexity index is 551. The van der Waals surface area contributed by atoms with Gasteiger partial charge in [0.05, 0.1) is 11.5 Å². The molecule has 23 heavy (non-hydrogen) atoms. The van der Waals surface area contributed by atoms with E-state index in [1.807, 2.05) is 6.92 Å². The van der Waals surface area contributed by atoms with Crippen LogP contribution in [0.2, 0.25) is 5.02 Å². The topological polar surface area (TPSA) is 87.3 Å². The van der Waals surface area contributed by atoms with Crippen molar-refractivity contribution in [1.82, 2.24) is 10.6 Å². The van der Waals surface area contributed by atoms with Gasteiger partial charge in [0.2, 0.25) is 17.7 Å². The van der Waals surface area contributed by atoms with Crippen LogP contribution in [0, 0.1) is 0 Å². The van der Waals surface area contributed by atoms with E-state index in [2.05, 4.69) is 16.0 Å². The quantitative estimate of drug-likeness (QED) is 0.660. The number of anilines is 1. The predicted octanol–water partition coefficient (Wildman–Crippen LogP) is 1.65. The second-order valence-corrected chi connectivity index (χ2v) is 6.15. The summed E-state index contributed by atoms with van der Waals surface area (Å²) < 4.78 is 0. The molecule has 3 amide bonds. The van der Waals surface area contributed by atoms with Crippen LogP contribution in [0.15, 0.2) is 24.3 Å². The molecule has 0 saturated heterocycles. The van der Waals surface area contributed by atoms with Crippen LogP contribution in [0.1, 0.15) is 13.8 Å². The van der Waals surface area contributed by atoms with Gasteiger partial charge in [0.15, 0.2) is 0 Å². The fourth-order valence-electron chi connectivity index (χ4n) is 1.64. The Kier molecular flexibility index (Phi) is 8.50. The number of halogens is 1. The minimum atomic E-state index is -0.592. The van der Waals surface area contributed by atoms with E-state index in [0.717, 1.165) is 0 Å². The predicted molar refractivity (Wildman–Crippen MR) is 93.7 cm³/mol. The number of nitrogens with one attached hydrogen (secondary N) is 3. The van der Waals surface area contributed by atoms with Gasteiger partial charge >= 0.3 is 0 Å². The molecule has 0 aliphatic rings. The fourth-order valence-corrected chi connectivity index (χ4v) is 2.40. The van der Waals surface area contributed by atoms with Crippen molar-refractivity contribution in [1.29, 1.82) is 0 Å². The molecule has 1 atom stereocenters. The molecule has 0 unspecified atom stereocenters. The zero-order valence-electron chi connectivity index (χ0n) is 13.0. The monoisotopic (exact) mass is 357 g/mol. The SMILES string of the molecule is CCNC(=O)[C@H](C)NC(=O)CSCC(=O)Nc1ccc(Cl)cc1. The minimum absolute atomic E-state index is 0.109. The van der Waals surface area contributed by atoms with Crippen LogP contribution in [0.4, 0.5) is 5.69 Å². The maximum absolute atomic E-state index is 11.7. The van der Waals surface area contributed by atoms with Gasteiger partial charge in [-0.1, -0.05) is 11.6 Å². The molecule has 0 fully saturated rings. The van der Waals surface area contributed by atoms with Gasteiger partial charge in [-0.3, -0.25) is 14.4 Å². The molecule has 0 spiro atoms. The second kappa shape index (κ2) is 10.1. The standard InChI is InChI=1S/C15H20ClN3O3S/c1-3-17-15(22)10(2)18-13(20)8-23-9-14(21)19-12-6-4-11(16)5-7-12/h4-7,10H,3,8-9H2,1-2H3,(H,17,22)(H,18,20)(H,19,21)/t10-/m0/s1. The van der Waals surface area contributed by atoms with E-state index in [9.17, 15) is 14.4 Å². The van der Waals surface area contributed by atoms with Gasteiger partial charge in [-0.15, -0.1) is 11.8 Å². The maximum Gasteiger partial charge on any atom is 0.242 e. The van der Waals surface area contributed by atoms with Crippen molar-refractivity contribution in [2.24, 2.45) is 0 Å². The first-order chi connectivity index (χ1) is 10.9. The van der Waals surface area contributed by atoms with Gasteiger partial charge in [0, 0.05) is 17.3 Å². The number of amides is 3. The first-order valence-corrected chi connectivity index (χ1v) is 8.66. The van der Waals surface area contributed by atoms with Gasteiger partial charge in [-0.05, 0) is 38.1 Å². The maximum atomic E-state index is 11.7. The van der Waals surface area contributed by atoms with Crippen LogP contribution >= 0.6 is 23.4 Å². The molecule has 0 aliphatic heterocycles. The number of likely N-dealkylation sites (N-methyl/N-ethyl adjacent to an activating group) is 1. The molecule has 0 saturated carbocycles. The van der Waals surface area contributed by atoms with E-state index in [0.29, 0.717) is 17.3 Å². The molecule has 0 heterocycles. The third-order valence-electron chi connectivity index (χ3n) is 2.72. The van der Waals surface area contributed by atoms with E-state index < -0.39 is 6.04 Å². The lowest BCUT2D eigenvalue weighted by Crippen LogP contribution is -2.45. The van der Waals surface area contributed by atoms with E-state index in [1.54, 1.807) is 31.2 Å². The van der Waals surface area contributed by atoms with Crippen LogP contribution in [-0.4, -0.2) is 41.8 Å². The highest BCUT2D eigenvalue weighted by molar-refractivity contribution is 8.00. The third kappa shape index (κ3) is 7.90. The zero-order valence-corrected chi connectivity index (χ0v) is 14.6. The average molecular weight is 358 g/mol. The highest BCUT2D eigenvalue weighted by Crippen LogP contribution is 2.13. The summed E-state index contributed by atoms with van der Waals surface area (Å²) in [5, 5.41) is 8.50. The summed E-state index contributed by atoms with van der Waals surface area (Å²) in [5.74, 6) is -0.468. The van der Waals surface area contributed by atoms with Gasteiger partial charge in [0.1, 0.15) is 6.04 Å². The number of hydrogen-bond donors (Lipinski definition) is 3. The van der Waals surface area contributed by atoms with Crippen molar-refractivity contribution in [2.75, 3.05) is 23.4 Å². The molecule has 126 valence electrons. The molecule has 1 aromatic rings. The van der Waals surface area contributed by atoms with Crippen LogP contribution in [0.5, 0.6) is 0 Å². The summed E-state index contributed by atoms with van der Waals surface area (Å²) in [4.78, 5) is 34.9. The lowest BCUT2D eigenvalue weighted by Gasteiger charge is -2.13. The third-order valence-corrected chi connectivity index (χ3v) is 3.90. The van der Waals surface area contributed by atoms with E-state index in [-0.39, 0.29) is 29.2 Å². The van der Waals surface area contributed by atoms with Crippen LogP contribution < -0.4 is 16.0 Å². The summed E-state index contributed by atoms with van der Waals surface area (Å²) >= 11 is 6.94. The number of carbonyl (C=O) groups is 3. The fraction of sp³-hybridized carbons (Fsp3) is 0.400. The van der Waals surface area contributed by atoms with E-state index in [4.69, 9.17) is 11.6 Å². The van der Waals surface area contributed by atoms with Crippen molar-refractivity contribution >= 4 is 46.8 Å². The van der Waals surface area contributed by atoms with E-state index >= 15 is 0 Å². The largest absolute Gasteiger partial charge is 0.355 e.